The second kappa shape index (κ2) is 5.95. The van der Waals surface area contributed by atoms with E-state index in [0.29, 0.717) is 0 Å². The SMILES string of the molecule is Cc1cccc(C)c1C(Cc1ccc(F)cc1)NN. The summed E-state index contributed by atoms with van der Waals surface area (Å²) in [5.41, 5.74) is 7.57. The van der Waals surface area contributed by atoms with Crippen LogP contribution in [0.3, 0.4) is 0 Å². The Hall–Kier alpha value is -1.71. The van der Waals surface area contributed by atoms with E-state index in [2.05, 4.69) is 31.4 Å². The van der Waals surface area contributed by atoms with Crippen molar-refractivity contribution in [3.8, 4) is 0 Å². The van der Waals surface area contributed by atoms with E-state index in [-0.39, 0.29) is 11.9 Å². The van der Waals surface area contributed by atoms with Crippen LogP contribution in [0.5, 0.6) is 0 Å². The molecule has 2 rings (SSSR count). The van der Waals surface area contributed by atoms with Crippen molar-refractivity contribution >= 4 is 0 Å². The van der Waals surface area contributed by atoms with Crippen LogP contribution in [0, 0.1) is 19.7 Å². The Kier molecular flexibility index (Phi) is 4.30. The number of nitrogens with one attached hydrogen (secondary N) is 1. The van der Waals surface area contributed by atoms with Crippen LogP contribution >= 0.6 is 0 Å². The van der Waals surface area contributed by atoms with Gasteiger partial charge in [0.25, 0.3) is 0 Å². The van der Waals surface area contributed by atoms with E-state index in [1.54, 1.807) is 12.1 Å². The van der Waals surface area contributed by atoms with Crippen LogP contribution in [0.4, 0.5) is 4.39 Å². The number of benzene rings is 2. The molecule has 0 heterocycles. The number of hydrogen-bond acceptors (Lipinski definition) is 2. The summed E-state index contributed by atoms with van der Waals surface area (Å²) in [6.07, 6.45) is 0.739. The summed E-state index contributed by atoms with van der Waals surface area (Å²) in [7, 11) is 0. The van der Waals surface area contributed by atoms with Gasteiger partial charge in [-0.15, -0.1) is 0 Å². The van der Waals surface area contributed by atoms with Gasteiger partial charge in [-0.25, -0.2) is 4.39 Å². The average molecular weight is 258 g/mol. The van der Waals surface area contributed by atoms with Gasteiger partial charge in [-0.2, -0.15) is 0 Å². The highest BCUT2D eigenvalue weighted by Crippen LogP contribution is 2.24. The van der Waals surface area contributed by atoms with E-state index in [0.717, 1.165) is 12.0 Å². The highest BCUT2D eigenvalue weighted by molar-refractivity contribution is 5.37. The molecule has 2 aromatic carbocycles. The van der Waals surface area contributed by atoms with Crippen molar-refractivity contribution in [2.45, 2.75) is 26.3 Å². The summed E-state index contributed by atoms with van der Waals surface area (Å²) in [5, 5.41) is 0. The zero-order valence-electron chi connectivity index (χ0n) is 11.3. The fraction of sp³-hybridized carbons (Fsp3) is 0.250. The second-order valence-electron chi connectivity index (χ2n) is 4.86. The van der Waals surface area contributed by atoms with Crippen LogP contribution in [0.15, 0.2) is 42.5 Å². The van der Waals surface area contributed by atoms with Gasteiger partial charge in [-0.05, 0) is 54.7 Å². The highest BCUT2D eigenvalue weighted by Gasteiger charge is 2.15. The van der Waals surface area contributed by atoms with E-state index in [4.69, 9.17) is 5.84 Å². The van der Waals surface area contributed by atoms with Gasteiger partial charge in [0.1, 0.15) is 5.82 Å². The molecule has 1 atom stereocenters. The molecule has 19 heavy (non-hydrogen) atoms. The van der Waals surface area contributed by atoms with Crippen LogP contribution < -0.4 is 11.3 Å². The summed E-state index contributed by atoms with van der Waals surface area (Å²) in [6, 6.07) is 12.8. The first-order chi connectivity index (χ1) is 9.11. The third-order valence-electron chi connectivity index (χ3n) is 3.44. The zero-order valence-corrected chi connectivity index (χ0v) is 11.3. The fourth-order valence-electron chi connectivity index (χ4n) is 2.48. The number of hydrazine groups is 1. The quantitative estimate of drug-likeness (QED) is 0.653. The average Bonchev–Trinajstić information content (AvgIpc) is 2.39. The molecule has 3 heteroatoms. The van der Waals surface area contributed by atoms with Gasteiger partial charge in [-0.1, -0.05) is 30.3 Å². The Bertz CT molecular complexity index is 529. The van der Waals surface area contributed by atoms with Crippen LogP contribution in [-0.4, -0.2) is 0 Å². The maximum atomic E-state index is 12.9. The van der Waals surface area contributed by atoms with E-state index in [1.807, 2.05) is 6.07 Å². The molecule has 0 fully saturated rings. The normalized spacial score (nSPS) is 12.4. The van der Waals surface area contributed by atoms with Gasteiger partial charge in [0, 0.05) is 0 Å². The molecule has 0 radical (unpaired) electrons. The fourth-order valence-corrected chi connectivity index (χ4v) is 2.48. The lowest BCUT2D eigenvalue weighted by atomic mass is 9.92. The minimum Gasteiger partial charge on any atom is -0.271 e. The molecule has 0 aromatic heterocycles. The Morgan fingerprint density at radius 1 is 1.05 bits per heavy atom. The predicted molar refractivity (Wildman–Crippen MR) is 76.1 cm³/mol. The number of halogens is 1. The molecule has 0 aliphatic rings. The third kappa shape index (κ3) is 3.19. The lowest BCUT2D eigenvalue weighted by molar-refractivity contribution is 0.545. The molecule has 100 valence electrons. The van der Waals surface area contributed by atoms with Crippen LogP contribution in [0.1, 0.15) is 28.3 Å². The van der Waals surface area contributed by atoms with E-state index in [1.165, 1.54) is 28.8 Å². The first-order valence-corrected chi connectivity index (χ1v) is 6.38. The van der Waals surface area contributed by atoms with Gasteiger partial charge in [0.2, 0.25) is 0 Å². The number of hydrogen-bond donors (Lipinski definition) is 2. The monoisotopic (exact) mass is 258 g/mol. The standard InChI is InChI=1S/C16H19FN2/c1-11-4-3-5-12(2)16(11)15(19-18)10-13-6-8-14(17)9-7-13/h3-9,15,19H,10,18H2,1-2H3. The number of nitrogens with two attached hydrogens (primary N) is 1. The molecule has 0 bridgehead atoms. The topological polar surface area (TPSA) is 38.0 Å². The molecular formula is C16H19FN2. The molecule has 2 aromatic rings. The molecular weight excluding hydrogens is 239 g/mol. The summed E-state index contributed by atoms with van der Waals surface area (Å²) in [4.78, 5) is 0. The maximum Gasteiger partial charge on any atom is 0.123 e. The Labute approximate surface area is 113 Å². The minimum absolute atomic E-state index is 0.0339. The van der Waals surface area contributed by atoms with E-state index in [9.17, 15) is 4.39 Å². The Morgan fingerprint density at radius 3 is 2.16 bits per heavy atom. The zero-order chi connectivity index (χ0) is 13.8. The van der Waals surface area contributed by atoms with E-state index < -0.39 is 0 Å². The van der Waals surface area contributed by atoms with Crippen molar-refractivity contribution in [3.05, 3.63) is 70.5 Å². The van der Waals surface area contributed by atoms with Crippen LogP contribution in [0.25, 0.3) is 0 Å². The van der Waals surface area contributed by atoms with Gasteiger partial charge in [0.05, 0.1) is 6.04 Å². The Balaban J connectivity index is 2.27. The second-order valence-corrected chi connectivity index (χ2v) is 4.86. The number of aryl methyl sites for hydroxylation is 2. The summed E-state index contributed by atoms with van der Waals surface area (Å²) < 4.78 is 12.9. The number of rotatable bonds is 4. The van der Waals surface area contributed by atoms with Gasteiger partial charge >= 0.3 is 0 Å². The van der Waals surface area contributed by atoms with Crippen molar-refractivity contribution in [1.29, 1.82) is 0 Å². The van der Waals surface area contributed by atoms with Crippen molar-refractivity contribution in [3.63, 3.8) is 0 Å². The van der Waals surface area contributed by atoms with E-state index >= 15 is 0 Å². The van der Waals surface area contributed by atoms with Crippen molar-refractivity contribution in [2.75, 3.05) is 0 Å². The summed E-state index contributed by atoms with van der Waals surface area (Å²) in [5.74, 6) is 5.48. The van der Waals surface area contributed by atoms with Crippen LogP contribution in [-0.2, 0) is 6.42 Å². The molecule has 0 spiro atoms. The summed E-state index contributed by atoms with van der Waals surface area (Å²) in [6.45, 7) is 4.16. The van der Waals surface area contributed by atoms with Gasteiger partial charge < -0.3 is 0 Å². The molecule has 0 saturated heterocycles. The maximum absolute atomic E-state index is 12.9. The smallest absolute Gasteiger partial charge is 0.123 e. The van der Waals surface area contributed by atoms with Crippen molar-refractivity contribution < 1.29 is 4.39 Å². The van der Waals surface area contributed by atoms with Gasteiger partial charge in [0.15, 0.2) is 0 Å². The molecule has 0 aliphatic heterocycles. The lowest BCUT2D eigenvalue weighted by Crippen LogP contribution is -2.30. The highest BCUT2D eigenvalue weighted by atomic mass is 19.1. The van der Waals surface area contributed by atoms with Crippen LogP contribution in [0.2, 0.25) is 0 Å². The molecule has 2 nitrogen and oxygen atoms in total. The van der Waals surface area contributed by atoms with Crippen molar-refractivity contribution in [2.24, 2.45) is 5.84 Å². The molecule has 3 N–H and O–H groups in total. The van der Waals surface area contributed by atoms with Gasteiger partial charge in [-0.3, -0.25) is 11.3 Å². The first kappa shape index (κ1) is 13.7. The first-order valence-electron chi connectivity index (χ1n) is 6.38. The minimum atomic E-state index is -0.215. The largest absolute Gasteiger partial charge is 0.271 e. The summed E-state index contributed by atoms with van der Waals surface area (Å²) >= 11 is 0. The molecule has 1 unspecified atom stereocenters. The third-order valence-corrected chi connectivity index (χ3v) is 3.44. The predicted octanol–water partition coefficient (Wildman–Crippen LogP) is 3.19. The van der Waals surface area contributed by atoms with Crippen molar-refractivity contribution in [1.82, 2.24) is 5.43 Å². The molecule has 0 amide bonds. The Morgan fingerprint density at radius 2 is 1.63 bits per heavy atom. The molecule has 0 saturated carbocycles. The molecule has 0 aliphatic carbocycles. The lowest BCUT2D eigenvalue weighted by Gasteiger charge is -2.21.